The van der Waals surface area contributed by atoms with Gasteiger partial charge in [0.1, 0.15) is 0 Å². The van der Waals surface area contributed by atoms with Crippen molar-refractivity contribution in [2.75, 3.05) is 81.3 Å². The maximum absolute atomic E-state index is 10.7. The predicted octanol–water partition coefficient (Wildman–Crippen LogP) is 0.792. The van der Waals surface area contributed by atoms with E-state index in [1.807, 2.05) is 0 Å². The van der Waals surface area contributed by atoms with Gasteiger partial charge in [0.05, 0.1) is 52.9 Å². The maximum Gasteiger partial charge on any atom is 2.00 e. The Balaban J connectivity index is -0.0000000740. The third-order valence-electron chi connectivity index (χ3n) is 2.86. The van der Waals surface area contributed by atoms with Crippen molar-refractivity contribution in [3.8, 4) is 0 Å². The molecule has 0 amide bonds. The van der Waals surface area contributed by atoms with E-state index in [1.54, 1.807) is 28.4 Å². The molecule has 0 aromatic heterocycles. The van der Waals surface area contributed by atoms with Crippen LogP contribution in [0.3, 0.4) is 0 Å². The zero-order valence-electron chi connectivity index (χ0n) is 25.9. The molecule has 18 nitrogen and oxygen atoms in total. The van der Waals surface area contributed by atoms with Crippen LogP contribution in [0.25, 0.3) is 0 Å². The molecule has 0 spiro atoms. The molecule has 0 heterocycles. The summed E-state index contributed by atoms with van der Waals surface area (Å²) in [4.78, 5) is 0. The molecule has 0 atom stereocenters. The van der Waals surface area contributed by atoms with Gasteiger partial charge in [-0.25, -0.2) is 33.7 Å². The van der Waals surface area contributed by atoms with Crippen molar-refractivity contribution in [1.29, 1.82) is 0 Å². The summed E-state index contributed by atoms with van der Waals surface area (Å²) in [5.74, 6) is 0. The van der Waals surface area contributed by atoms with Crippen molar-refractivity contribution >= 4 is 40.5 Å². The fourth-order valence-corrected chi connectivity index (χ4v) is 0.773. The number of halogens is 12. The van der Waals surface area contributed by atoms with E-state index in [0.29, 0.717) is 52.9 Å². The summed E-state index contributed by atoms with van der Waals surface area (Å²) < 4.78 is 265. The molecule has 2 radical (unpaired) electrons. The largest absolute Gasteiger partial charge is 2.00 e. The molecule has 0 rings (SSSR count). The van der Waals surface area contributed by atoms with Crippen LogP contribution in [0, 0.1) is 0 Å². The molecule has 0 bridgehead atoms. The van der Waals surface area contributed by atoms with Crippen LogP contribution >= 0.6 is 0 Å². The minimum atomic E-state index is -6.09. The molecular weight excluding hydrogens is 946 g/mol. The van der Waals surface area contributed by atoms with Crippen molar-refractivity contribution in [1.82, 2.24) is 0 Å². The van der Waals surface area contributed by atoms with E-state index in [4.69, 9.17) is 80.3 Å². The van der Waals surface area contributed by atoms with Crippen LogP contribution < -0.4 is 0 Å². The topological polar surface area (TPSA) is 284 Å². The minimum absolute atomic E-state index is 0. The van der Waals surface area contributed by atoms with E-state index in [0.717, 1.165) is 0 Å². The molecule has 322 valence electrons. The van der Waals surface area contributed by atoms with Gasteiger partial charge >= 0.3 is 56.2 Å². The molecule has 36 heteroatoms. The summed E-state index contributed by atoms with van der Waals surface area (Å²) in [5, 5.41) is 0. The van der Waals surface area contributed by atoms with Crippen molar-refractivity contribution in [2.45, 2.75) is 22.0 Å². The first-order valence-electron chi connectivity index (χ1n) is 11.0. The van der Waals surface area contributed by atoms with Crippen molar-refractivity contribution in [2.24, 2.45) is 0 Å². The normalized spacial score (nSPS) is 12.1. The number of hydrogen-bond donors (Lipinski definition) is 0. The van der Waals surface area contributed by atoms with Gasteiger partial charge in [-0.05, 0) is 0 Å². The Morgan fingerprint density at radius 1 is 0.346 bits per heavy atom. The zero-order valence-corrected chi connectivity index (χ0v) is 31.6. The van der Waals surface area contributed by atoms with Crippen molar-refractivity contribution in [3.05, 3.63) is 0 Å². The van der Waals surface area contributed by atoms with Gasteiger partial charge in [-0.15, -0.1) is 0 Å². The molecule has 0 unspecified atom stereocenters. The van der Waals surface area contributed by atoms with Crippen LogP contribution in [0.2, 0.25) is 0 Å². The summed E-state index contributed by atoms with van der Waals surface area (Å²) in [6.07, 6.45) is 0. The van der Waals surface area contributed by atoms with Gasteiger partial charge in [0, 0.05) is 28.4 Å². The summed E-state index contributed by atoms with van der Waals surface area (Å²) in [6.45, 7) is 5.24. The van der Waals surface area contributed by atoms with Gasteiger partial charge < -0.3 is 46.6 Å². The first-order valence-corrected chi connectivity index (χ1v) is 16.7. The van der Waals surface area contributed by atoms with Crippen LogP contribution in [0.15, 0.2) is 0 Å². The Labute approximate surface area is 310 Å². The van der Waals surface area contributed by atoms with Gasteiger partial charge in [0.2, 0.25) is 0 Å². The average Bonchev–Trinajstić information content (AvgIpc) is 2.86. The van der Waals surface area contributed by atoms with E-state index >= 15 is 0 Å². The number of rotatable bonds is 12. The van der Waals surface area contributed by atoms with E-state index < -0.39 is 62.5 Å². The summed E-state index contributed by atoms with van der Waals surface area (Å²) in [7, 11) is -17.8. The Morgan fingerprint density at radius 3 is 0.500 bits per heavy atom. The Morgan fingerprint density at radius 2 is 0.442 bits per heavy atom. The van der Waals surface area contributed by atoms with Gasteiger partial charge in [-0.2, -0.15) is 52.7 Å². The molecule has 0 aliphatic rings. The fourth-order valence-electron chi connectivity index (χ4n) is 0.773. The zero-order chi connectivity index (χ0) is 41.9. The number of methoxy groups -OCH3 is 4. The first kappa shape index (κ1) is 69.5. The van der Waals surface area contributed by atoms with Crippen LogP contribution in [0.5, 0.6) is 0 Å². The molecular formula is C16H28F12Mn2O18S4. The van der Waals surface area contributed by atoms with Crippen LogP contribution in [-0.4, -0.2) is 155 Å². The Hall–Kier alpha value is -0.401. The molecule has 0 fully saturated rings. The monoisotopic (exact) mass is 974 g/mol. The molecule has 0 aromatic rings. The van der Waals surface area contributed by atoms with Gasteiger partial charge in [0.15, 0.2) is 40.5 Å². The minimum Gasteiger partial charge on any atom is -0.741 e. The van der Waals surface area contributed by atoms with E-state index in [1.165, 1.54) is 0 Å². The second-order valence-electron chi connectivity index (χ2n) is 6.80. The quantitative estimate of drug-likeness (QED) is 0.0859. The van der Waals surface area contributed by atoms with Crippen LogP contribution in [-0.2, 0) is 103 Å². The van der Waals surface area contributed by atoms with E-state index in [9.17, 15) is 52.7 Å². The number of alkyl halides is 12. The van der Waals surface area contributed by atoms with Crippen LogP contribution in [0.4, 0.5) is 52.7 Å². The molecule has 0 aromatic carbocycles. The SMILES string of the molecule is COCCOCCOC.COCCOCCOC.O=S(=O)([O-])C(F)(F)F.O=S(=O)([O-])C(F)(F)F.O=S(=O)([O-])C(F)(F)F.O=S(=O)([O-])C(F)(F)F.[Mn+2].[Mn+2]. The summed E-state index contributed by atoms with van der Waals surface area (Å²) in [6, 6.07) is 0. The second-order valence-corrected chi connectivity index (χ2v) is 12.3. The van der Waals surface area contributed by atoms with Gasteiger partial charge in [0.25, 0.3) is 0 Å². The summed E-state index contributed by atoms with van der Waals surface area (Å²) in [5.41, 5.74) is -22.6. The van der Waals surface area contributed by atoms with Gasteiger partial charge in [-0.1, -0.05) is 0 Å². The standard InChI is InChI=1S/2C6H14O3.4CHF3O3S.2Mn/c2*1-7-3-5-9-6-4-8-2;4*2-1(3,4)8(5,6)7;;/h2*3-6H2,1-2H3;4*(H,5,6,7);;/q;;;;;;2*+2/p-4. The summed E-state index contributed by atoms with van der Waals surface area (Å²) >= 11 is 0. The molecule has 0 N–H and O–H groups in total. The number of hydrogen-bond acceptors (Lipinski definition) is 18. The van der Waals surface area contributed by atoms with E-state index in [2.05, 4.69) is 0 Å². The average molecular weight is 975 g/mol. The Kier molecular flexibility index (Phi) is 43.8. The molecule has 0 aliphatic heterocycles. The first-order chi connectivity index (χ1) is 21.8. The maximum atomic E-state index is 10.7. The fraction of sp³-hybridized carbons (Fsp3) is 1.00. The molecule has 0 saturated carbocycles. The van der Waals surface area contributed by atoms with Gasteiger partial charge in [-0.3, -0.25) is 0 Å². The molecule has 0 aliphatic carbocycles. The second kappa shape index (κ2) is 32.8. The van der Waals surface area contributed by atoms with Crippen molar-refractivity contribution in [3.63, 3.8) is 0 Å². The number of ether oxygens (including phenoxy) is 6. The third kappa shape index (κ3) is 51.7. The third-order valence-corrected chi connectivity index (χ3v) is 5.13. The molecule has 0 saturated heterocycles. The van der Waals surface area contributed by atoms with Crippen LogP contribution in [0.1, 0.15) is 0 Å². The smallest absolute Gasteiger partial charge is 0.741 e. The molecule has 52 heavy (non-hydrogen) atoms. The van der Waals surface area contributed by atoms with Crippen molar-refractivity contribution < 1.29 is 167 Å². The van der Waals surface area contributed by atoms with E-state index in [-0.39, 0.29) is 34.1 Å². The Bertz CT molecular complexity index is 1060. The predicted molar refractivity (Wildman–Crippen MR) is 132 cm³/mol.